The van der Waals surface area contributed by atoms with Crippen molar-refractivity contribution < 1.29 is 8.42 Å². The van der Waals surface area contributed by atoms with E-state index in [0.29, 0.717) is 12.5 Å². The van der Waals surface area contributed by atoms with Gasteiger partial charge in [0.1, 0.15) is 9.84 Å². The third-order valence-electron chi connectivity index (χ3n) is 2.48. The van der Waals surface area contributed by atoms with Crippen LogP contribution in [0.2, 0.25) is 0 Å². The fourth-order valence-corrected chi connectivity index (χ4v) is 2.19. The van der Waals surface area contributed by atoms with Crippen LogP contribution in [0.4, 0.5) is 0 Å². The number of nitrogens with zero attached hydrogens (tertiary/aromatic N) is 1. The standard InChI is InChI=1S/C8H18N2O2S/c1-13(11,12)5-4-10-3-2-8(6-9)7-10/h8H,2-7,9H2,1H3. The Morgan fingerprint density at radius 3 is 2.69 bits per heavy atom. The second kappa shape index (κ2) is 4.39. The molecule has 1 atom stereocenters. The zero-order chi connectivity index (χ0) is 9.90. The number of hydrogen-bond acceptors (Lipinski definition) is 4. The predicted octanol–water partition coefficient (Wildman–Crippen LogP) is -0.688. The summed E-state index contributed by atoms with van der Waals surface area (Å²) in [5.41, 5.74) is 5.53. The molecule has 0 aromatic carbocycles. The molecule has 1 heterocycles. The molecule has 78 valence electrons. The highest BCUT2D eigenvalue weighted by molar-refractivity contribution is 7.90. The Hall–Kier alpha value is -0.130. The van der Waals surface area contributed by atoms with Crippen molar-refractivity contribution in [2.45, 2.75) is 6.42 Å². The lowest BCUT2D eigenvalue weighted by molar-refractivity contribution is 0.344. The van der Waals surface area contributed by atoms with Gasteiger partial charge in [0.25, 0.3) is 0 Å². The molecule has 0 radical (unpaired) electrons. The summed E-state index contributed by atoms with van der Waals surface area (Å²) >= 11 is 0. The first-order valence-electron chi connectivity index (χ1n) is 4.61. The SMILES string of the molecule is CS(=O)(=O)CCN1CCC(CN)C1. The van der Waals surface area contributed by atoms with E-state index in [1.54, 1.807) is 0 Å². The van der Waals surface area contributed by atoms with Crippen molar-refractivity contribution in [3.63, 3.8) is 0 Å². The second-order valence-electron chi connectivity index (χ2n) is 3.82. The van der Waals surface area contributed by atoms with E-state index in [4.69, 9.17) is 5.73 Å². The minimum absolute atomic E-state index is 0.268. The normalized spacial score (nSPS) is 25.2. The summed E-state index contributed by atoms with van der Waals surface area (Å²) < 4.78 is 21.8. The molecular weight excluding hydrogens is 188 g/mol. The summed E-state index contributed by atoms with van der Waals surface area (Å²) in [5.74, 6) is 0.837. The van der Waals surface area contributed by atoms with Crippen molar-refractivity contribution in [2.75, 3.05) is 38.2 Å². The van der Waals surface area contributed by atoms with Crippen molar-refractivity contribution in [3.05, 3.63) is 0 Å². The third-order valence-corrected chi connectivity index (χ3v) is 3.41. The molecular formula is C8H18N2O2S. The molecule has 0 aliphatic carbocycles. The van der Waals surface area contributed by atoms with Crippen molar-refractivity contribution in [1.82, 2.24) is 4.90 Å². The van der Waals surface area contributed by atoms with Gasteiger partial charge in [-0.15, -0.1) is 0 Å². The Kier molecular flexibility index (Phi) is 3.70. The molecule has 1 fully saturated rings. The van der Waals surface area contributed by atoms with Crippen LogP contribution in [0, 0.1) is 5.92 Å². The van der Waals surface area contributed by atoms with E-state index in [2.05, 4.69) is 4.90 Å². The zero-order valence-corrected chi connectivity index (χ0v) is 8.89. The smallest absolute Gasteiger partial charge is 0.148 e. The van der Waals surface area contributed by atoms with E-state index in [-0.39, 0.29) is 5.75 Å². The van der Waals surface area contributed by atoms with Gasteiger partial charge >= 0.3 is 0 Å². The molecule has 1 unspecified atom stereocenters. The average Bonchev–Trinajstić information content (AvgIpc) is 2.47. The number of sulfone groups is 1. The number of nitrogens with two attached hydrogens (primary N) is 1. The van der Waals surface area contributed by atoms with Gasteiger partial charge in [-0.1, -0.05) is 0 Å². The summed E-state index contributed by atoms with van der Waals surface area (Å²) in [6.45, 7) is 3.34. The summed E-state index contributed by atoms with van der Waals surface area (Å²) in [6, 6.07) is 0. The van der Waals surface area contributed by atoms with Crippen LogP contribution in [0.5, 0.6) is 0 Å². The summed E-state index contributed by atoms with van der Waals surface area (Å²) in [4.78, 5) is 2.18. The molecule has 0 aromatic heterocycles. The van der Waals surface area contributed by atoms with Crippen molar-refractivity contribution >= 4 is 9.84 Å². The summed E-state index contributed by atoms with van der Waals surface area (Å²) in [7, 11) is -2.81. The molecule has 0 saturated carbocycles. The van der Waals surface area contributed by atoms with Crippen LogP contribution in [0.25, 0.3) is 0 Å². The lowest BCUT2D eigenvalue weighted by Crippen LogP contribution is -2.28. The van der Waals surface area contributed by atoms with Crippen LogP contribution in [0.1, 0.15) is 6.42 Å². The first-order valence-corrected chi connectivity index (χ1v) is 6.67. The first-order chi connectivity index (χ1) is 6.01. The third kappa shape index (κ3) is 4.06. The van der Waals surface area contributed by atoms with Gasteiger partial charge in [-0.3, -0.25) is 0 Å². The summed E-state index contributed by atoms with van der Waals surface area (Å²) in [6.07, 6.45) is 2.39. The van der Waals surface area contributed by atoms with E-state index in [1.807, 2.05) is 0 Å². The fraction of sp³-hybridized carbons (Fsp3) is 1.00. The molecule has 1 saturated heterocycles. The van der Waals surface area contributed by atoms with Gasteiger partial charge in [-0.25, -0.2) is 8.42 Å². The maximum absolute atomic E-state index is 10.9. The van der Waals surface area contributed by atoms with Crippen LogP contribution in [-0.4, -0.2) is 51.5 Å². The Morgan fingerprint density at radius 2 is 2.23 bits per heavy atom. The minimum atomic E-state index is -2.81. The van der Waals surface area contributed by atoms with Gasteiger partial charge in [0.15, 0.2) is 0 Å². The Bertz CT molecular complexity index is 251. The lowest BCUT2D eigenvalue weighted by Gasteiger charge is -2.14. The first kappa shape index (κ1) is 10.9. The van der Waals surface area contributed by atoms with Crippen LogP contribution in [-0.2, 0) is 9.84 Å². The van der Waals surface area contributed by atoms with Gasteiger partial charge in [-0.05, 0) is 25.4 Å². The summed E-state index contributed by atoms with van der Waals surface area (Å²) in [5, 5.41) is 0. The van der Waals surface area contributed by atoms with Crippen LogP contribution >= 0.6 is 0 Å². The number of hydrogen-bond donors (Lipinski definition) is 1. The molecule has 2 N–H and O–H groups in total. The maximum Gasteiger partial charge on any atom is 0.148 e. The lowest BCUT2D eigenvalue weighted by atomic mass is 10.1. The molecule has 0 bridgehead atoms. The van der Waals surface area contributed by atoms with E-state index >= 15 is 0 Å². The molecule has 1 aliphatic heterocycles. The fourth-order valence-electron chi connectivity index (χ4n) is 1.60. The van der Waals surface area contributed by atoms with Gasteiger partial charge < -0.3 is 10.6 Å². The average molecular weight is 206 g/mol. The highest BCUT2D eigenvalue weighted by atomic mass is 32.2. The van der Waals surface area contributed by atoms with E-state index in [9.17, 15) is 8.42 Å². The van der Waals surface area contributed by atoms with E-state index in [1.165, 1.54) is 6.26 Å². The highest BCUT2D eigenvalue weighted by Gasteiger charge is 2.21. The zero-order valence-electron chi connectivity index (χ0n) is 8.07. The quantitative estimate of drug-likeness (QED) is 0.661. The van der Waals surface area contributed by atoms with Crippen LogP contribution in [0.15, 0.2) is 0 Å². The topological polar surface area (TPSA) is 63.4 Å². The number of likely N-dealkylation sites (tertiary alicyclic amines) is 1. The molecule has 0 spiro atoms. The van der Waals surface area contributed by atoms with Gasteiger partial charge in [-0.2, -0.15) is 0 Å². The number of rotatable bonds is 4. The van der Waals surface area contributed by atoms with Crippen LogP contribution in [0.3, 0.4) is 0 Å². The maximum atomic E-state index is 10.9. The molecule has 1 aliphatic rings. The molecule has 0 aromatic rings. The Balaban J connectivity index is 2.25. The van der Waals surface area contributed by atoms with Crippen LogP contribution < -0.4 is 5.73 Å². The predicted molar refractivity (Wildman–Crippen MR) is 53.3 cm³/mol. The van der Waals surface area contributed by atoms with Crippen molar-refractivity contribution in [3.8, 4) is 0 Å². The Morgan fingerprint density at radius 1 is 1.54 bits per heavy atom. The van der Waals surface area contributed by atoms with Crippen molar-refractivity contribution in [1.29, 1.82) is 0 Å². The second-order valence-corrected chi connectivity index (χ2v) is 6.08. The monoisotopic (exact) mass is 206 g/mol. The van der Waals surface area contributed by atoms with E-state index < -0.39 is 9.84 Å². The molecule has 13 heavy (non-hydrogen) atoms. The molecule has 5 heteroatoms. The molecule has 1 rings (SSSR count). The molecule has 4 nitrogen and oxygen atoms in total. The van der Waals surface area contributed by atoms with E-state index in [0.717, 1.165) is 26.1 Å². The van der Waals surface area contributed by atoms with Gasteiger partial charge in [0, 0.05) is 19.3 Å². The van der Waals surface area contributed by atoms with Gasteiger partial charge in [0.05, 0.1) is 5.75 Å². The Labute approximate surface area is 80.0 Å². The minimum Gasteiger partial charge on any atom is -0.330 e. The molecule has 0 amide bonds. The highest BCUT2D eigenvalue weighted by Crippen LogP contribution is 2.13. The van der Waals surface area contributed by atoms with Crippen molar-refractivity contribution in [2.24, 2.45) is 11.7 Å². The largest absolute Gasteiger partial charge is 0.330 e. The van der Waals surface area contributed by atoms with Gasteiger partial charge in [0.2, 0.25) is 0 Å².